The number of hydrogen-bond acceptors (Lipinski definition) is 4. The van der Waals surface area contributed by atoms with E-state index in [1.54, 1.807) is 14.2 Å². The molecule has 1 aromatic rings. The zero-order chi connectivity index (χ0) is 22.0. The van der Waals surface area contributed by atoms with E-state index in [-0.39, 0.29) is 29.9 Å². The molecule has 0 spiro atoms. The Bertz CT molecular complexity index is 790. The van der Waals surface area contributed by atoms with Crippen molar-refractivity contribution in [3.05, 3.63) is 23.8 Å². The fourth-order valence-corrected chi connectivity index (χ4v) is 6.41. The first-order valence-corrected chi connectivity index (χ1v) is 11.5. The van der Waals surface area contributed by atoms with Crippen LogP contribution in [0.5, 0.6) is 11.5 Å². The highest BCUT2D eigenvalue weighted by molar-refractivity contribution is 5.79. The molecule has 1 aromatic carbocycles. The van der Waals surface area contributed by atoms with Gasteiger partial charge in [0, 0.05) is 24.1 Å². The Morgan fingerprint density at radius 1 is 1.06 bits per heavy atom. The van der Waals surface area contributed by atoms with Crippen LogP contribution in [0.1, 0.15) is 63.5 Å². The molecule has 0 radical (unpaired) electrons. The number of urea groups is 1. The second-order valence-electron chi connectivity index (χ2n) is 9.73. The molecule has 170 valence electrons. The summed E-state index contributed by atoms with van der Waals surface area (Å²) in [4.78, 5) is 24.9. The Hall–Kier alpha value is -2.44. The number of hydrogen-bond donors (Lipinski definition) is 3. The molecule has 4 bridgehead atoms. The molecule has 0 aliphatic heterocycles. The lowest BCUT2D eigenvalue weighted by molar-refractivity contribution is -0.121. The van der Waals surface area contributed by atoms with E-state index in [1.807, 2.05) is 25.1 Å². The molecule has 0 aromatic heterocycles. The standard InChI is InChI=1S/C24H35N3O4/c1-15(20-11-19(30-2)4-5-21(20)31-3)26-22(28)6-7-25-23(29)27-24-12-16-8-17(13-24)10-18(9-16)14-24/h4-5,11,15-18H,6-10,12-14H2,1-3H3,(H,26,28)(H2,25,27,29). The maximum absolute atomic E-state index is 12.5. The first-order chi connectivity index (χ1) is 14.9. The number of ether oxygens (including phenoxy) is 2. The van der Waals surface area contributed by atoms with Gasteiger partial charge >= 0.3 is 6.03 Å². The average Bonchev–Trinajstić information content (AvgIpc) is 2.71. The highest BCUT2D eigenvalue weighted by Gasteiger charge is 2.51. The molecule has 1 unspecified atom stereocenters. The third kappa shape index (κ3) is 4.91. The molecule has 5 rings (SSSR count). The lowest BCUT2D eigenvalue weighted by atomic mass is 9.53. The van der Waals surface area contributed by atoms with Crippen molar-refractivity contribution in [2.45, 2.75) is 63.5 Å². The maximum Gasteiger partial charge on any atom is 0.315 e. The summed E-state index contributed by atoms with van der Waals surface area (Å²) in [5.74, 6) is 3.64. The topological polar surface area (TPSA) is 88.7 Å². The normalized spacial score (nSPS) is 29.2. The Balaban J connectivity index is 1.23. The molecule has 3 N–H and O–H groups in total. The highest BCUT2D eigenvalue weighted by atomic mass is 16.5. The molecule has 7 heteroatoms. The molecule has 1 atom stereocenters. The van der Waals surface area contributed by atoms with Crippen LogP contribution in [-0.4, -0.2) is 38.2 Å². The Morgan fingerprint density at radius 3 is 2.29 bits per heavy atom. The Labute approximate surface area is 184 Å². The van der Waals surface area contributed by atoms with Crippen LogP contribution >= 0.6 is 0 Å². The van der Waals surface area contributed by atoms with Crippen molar-refractivity contribution in [1.82, 2.24) is 16.0 Å². The number of methoxy groups -OCH3 is 2. The molecule has 4 aliphatic rings. The summed E-state index contributed by atoms with van der Waals surface area (Å²) in [6.07, 6.45) is 7.62. The first kappa shape index (κ1) is 21.8. The first-order valence-electron chi connectivity index (χ1n) is 11.5. The van der Waals surface area contributed by atoms with Crippen molar-refractivity contribution in [2.24, 2.45) is 17.8 Å². The number of nitrogens with one attached hydrogen (secondary N) is 3. The monoisotopic (exact) mass is 429 g/mol. The van der Waals surface area contributed by atoms with Gasteiger partial charge in [0.2, 0.25) is 5.91 Å². The third-order valence-corrected chi connectivity index (χ3v) is 7.34. The van der Waals surface area contributed by atoms with Crippen molar-refractivity contribution in [3.63, 3.8) is 0 Å². The van der Waals surface area contributed by atoms with Gasteiger partial charge in [0.1, 0.15) is 11.5 Å². The van der Waals surface area contributed by atoms with Gasteiger partial charge in [-0.2, -0.15) is 0 Å². The van der Waals surface area contributed by atoms with Crippen LogP contribution in [0.4, 0.5) is 4.79 Å². The van der Waals surface area contributed by atoms with Gasteiger partial charge < -0.3 is 25.4 Å². The molecule has 3 amide bonds. The van der Waals surface area contributed by atoms with Crippen LogP contribution < -0.4 is 25.4 Å². The van der Waals surface area contributed by atoms with E-state index in [1.165, 1.54) is 19.3 Å². The molecular weight excluding hydrogens is 394 g/mol. The summed E-state index contributed by atoms with van der Waals surface area (Å²) in [6.45, 7) is 2.22. The number of carbonyl (C=O) groups excluding carboxylic acids is 2. The van der Waals surface area contributed by atoms with E-state index in [9.17, 15) is 9.59 Å². The molecule has 0 saturated heterocycles. The van der Waals surface area contributed by atoms with Gasteiger partial charge in [-0.25, -0.2) is 4.79 Å². The SMILES string of the molecule is COc1ccc(OC)c(C(C)NC(=O)CCNC(=O)NC23CC4CC(CC(C4)C2)C3)c1. The van der Waals surface area contributed by atoms with Crippen molar-refractivity contribution < 1.29 is 19.1 Å². The number of benzene rings is 1. The van der Waals surface area contributed by atoms with Gasteiger partial charge in [-0.3, -0.25) is 4.79 Å². The zero-order valence-electron chi connectivity index (χ0n) is 18.8. The molecule has 7 nitrogen and oxygen atoms in total. The maximum atomic E-state index is 12.5. The lowest BCUT2D eigenvalue weighted by Crippen LogP contribution is -2.61. The van der Waals surface area contributed by atoms with Crippen LogP contribution in [0.25, 0.3) is 0 Å². The van der Waals surface area contributed by atoms with Crippen LogP contribution in [-0.2, 0) is 4.79 Å². The summed E-state index contributed by atoms with van der Waals surface area (Å²) in [5.41, 5.74) is 0.834. The highest BCUT2D eigenvalue weighted by Crippen LogP contribution is 2.55. The van der Waals surface area contributed by atoms with E-state index in [0.717, 1.165) is 42.6 Å². The molecule has 4 aliphatic carbocycles. The largest absolute Gasteiger partial charge is 0.497 e. The summed E-state index contributed by atoms with van der Waals surface area (Å²) >= 11 is 0. The fourth-order valence-electron chi connectivity index (χ4n) is 6.41. The average molecular weight is 430 g/mol. The number of carbonyl (C=O) groups is 2. The summed E-state index contributed by atoms with van der Waals surface area (Å²) in [5, 5.41) is 9.14. The van der Waals surface area contributed by atoms with Crippen LogP contribution in [0.2, 0.25) is 0 Å². The van der Waals surface area contributed by atoms with Gasteiger partial charge in [-0.1, -0.05) is 0 Å². The van der Waals surface area contributed by atoms with Crippen LogP contribution in [0.15, 0.2) is 18.2 Å². The number of rotatable bonds is 8. The van der Waals surface area contributed by atoms with Gasteiger partial charge in [0.25, 0.3) is 0 Å². The summed E-state index contributed by atoms with van der Waals surface area (Å²) < 4.78 is 10.7. The van der Waals surface area contributed by atoms with E-state index in [4.69, 9.17) is 9.47 Å². The molecular formula is C24H35N3O4. The smallest absolute Gasteiger partial charge is 0.315 e. The zero-order valence-corrected chi connectivity index (χ0v) is 18.8. The minimum atomic E-state index is -0.238. The van der Waals surface area contributed by atoms with E-state index >= 15 is 0 Å². The van der Waals surface area contributed by atoms with E-state index in [2.05, 4.69) is 16.0 Å². The molecule has 4 saturated carbocycles. The van der Waals surface area contributed by atoms with E-state index < -0.39 is 0 Å². The molecule has 0 heterocycles. The Kier molecular flexibility index (Phi) is 6.30. The van der Waals surface area contributed by atoms with Gasteiger partial charge in [-0.15, -0.1) is 0 Å². The predicted octanol–water partition coefficient (Wildman–Crippen LogP) is 3.54. The van der Waals surface area contributed by atoms with Crippen molar-refractivity contribution in [2.75, 3.05) is 20.8 Å². The summed E-state index contributed by atoms with van der Waals surface area (Å²) in [6, 6.07) is 5.13. The fraction of sp³-hybridized carbons (Fsp3) is 0.667. The van der Waals surface area contributed by atoms with Gasteiger partial charge in [0.15, 0.2) is 0 Å². The quantitative estimate of drug-likeness (QED) is 0.590. The van der Waals surface area contributed by atoms with Crippen molar-refractivity contribution >= 4 is 11.9 Å². The minimum Gasteiger partial charge on any atom is -0.497 e. The number of amides is 3. The lowest BCUT2D eigenvalue weighted by Gasteiger charge is -2.56. The summed E-state index contributed by atoms with van der Waals surface area (Å²) in [7, 11) is 3.21. The van der Waals surface area contributed by atoms with Crippen LogP contribution in [0, 0.1) is 17.8 Å². The third-order valence-electron chi connectivity index (χ3n) is 7.34. The van der Waals surface area contributed by atoms with Crippen molar-refractivity contribution in [1.29, 1.82) is 0 Å². The Morgan fingerprint density at radius 2 is 1.71 bits per heavy atom. The predicted molar refractivity (Wildman–Crippen MR) is 118 cm³/mol. The molecule has 4 fully saturated rings. The second-order valence-corrected chi connectivity index (χ2v) is 9.73. The van der Waals surface area contributed by atoms with E-state index in [0.29, 0.717) is 18.0 Å². The van der Waals surface area contributed by atoms with Crippen LogP contribution in [0.3, 0.4) is 0 Å². The van der Waals surface area contributed by atoms with Gasteiger partial charge in [0.05, 0.1) is 20.3 Å². The van der Waals surface area contributed by atoms with Crippen molar-refractivity contribution in [3.8, 4) is 11.5 Å². The van der Waals surface area contributed by atoms with Gasteiger partial charge in [-0.05, 0) is 81.4 Å². The second kappa shape index (κ2) is 8.97. The minimum absolute atomic E-state index is 0.0154. The molecule has 31 heavy (non-hydrogen) atoms.